The number of hydrogen-bond donors (Lipinski definition) is 1. The van der Waals surface area contributed by atoms with Crippen molar-refractivity contribution in [2.75, 3.05) is 38.1 Å². The van der Waals surface area contributed by atoms with Crippen LogP contribution in [0, 0.1) is 56.7 Å². The van der Waals surface area contributed by atoms with E-state index in [0.717, 1.165) is 56.0 Å². The molecule has 1 N–H and O–H groups in total. The number of halogens is 2. The Morgan fingerprint density at radius 2 is 1.92 bits per heavy atom. The predicted molar refractivity (Wildman–Crippen MR) is 149 cm³/mol. The van der Waals surface area contributed by atoms with Crippen molar-refractivity contribution in [2.45, 2.75) is 32.3 Å². The number of aromatic hydroxyl groups is 1. The van der Waals surface area contributed by atoms with E-state index in [1.165, 1.54) is 6.07 Å². The Balaban J connectivity index is 0.00000174. The SMILES string of the molecule is C#C.Cc1cc(O)c([C-]=O)cc1N(C)CCN1CCC(c2cccc(OCc3ccc(Cl)cc3F)n2)CC1.[U]. The zero-order valence-corrected chi connectivity index (χ0v) is 27.1. The minimum atomic E-state index is -0.389. The number of nitrogens with zero attached hydrogens (tertiary/aromatic N) is 3. The molecular weight excluding hydrogens is 743 g/mol. The topological polar surface area (TPSA) is 65.9 Å². The van der Waals surface area contributed by atoms with Gasteiger partial charge < -0.3 is 24.4 Å². The van der Waals surface area contributed by atoms with Crippen LogP contribution in [0.4, 0.5) is 10.1 Å². The normalized spacial score (nSPS) is 13.5. The first-order chi connectivity index (χ1) is 18.3. The Hall–Kier alpha value is -2.55. The van der Waals surface area contributed by atoms with Gasteiger partial charge >= 0.3 is 0 Å². The molecule has 0 amide bonds. The van der Waals surface area contributed by atoms with E-state index in [-0.39, 0.29) is 54.9 Å². The number of benzene rings is 2. The summed E-state index contributed by atoms with van der Waals surface area (Å²) in [6, 6.07) is 13.6. The molecule has 3 aromatic rings. The Kier molecular flexibility index (Phi) is 13.3. The summed E-state index contributed by atoms with van der Waals surface area (Å²) in [5.74, 6) is 0.406. The first-order valence-electron chi connectivity index (χ1n) is 12.4. The number of rotatable bonds is 9. The maximum atomic E-state index is 14.0. The van der Waals surface area contributed by atoms with Gasteiger partial charge in [0.1, 0.15) is 12.4 Å². The summed E-state index contributed by atoms with van der Waals surface area (Å²) in [6.45, 7) is 5.64. The molecule has 39 heavy (non-hydrogen) atoms. The van der Waals surface area contributed by atoms with Crippen LogP contribution in [-0.2, 0) is 11.4 Å². The third-order valence-corrected chi connectivity index (χ3v) is 6.96. The van der Waals surface area contributed by atoms with Crippen molar-refractivity contribution in [3.05, 3.63) is 81.8 Å². The summed E-state index contributed by atoms with van der Waals surface area (Å²) >= 11 is 5.82. The molecule has 0 radical (unpaired) electrons. The van der Waals surface area contributed by atoms with E-state index in [1.54, 1.807) is 36.6 Å². The number of phenolic OH excluding ortho intramolecular Hbond substituents is 1. The van der Waals surface area contributed by atoms with Gasteiger partial charge in [-0.25, -0.2) is 9.37 Å². The minimum absolute atomic E-state index is 0. The average Bonchev–Trinajstić information content (AvgIpc) is 2.93. The molecule has 1 aliphatic rings. The van der Waals surface area contributed by atoms with Crippen molar-refractivity contribution in [3.63, 3.8) is 0 Å². The number of aryl methyl sites for hydroxylation is 1. The number of carbonyl (C=O) groups excluding carboxylic acids is 1. The van der Waals surface area contributed by atoms with Crippen LogP contribution < -0.4 is 9.64 Å². The van der Waals surface area contributed by atoms with Crippen molar-refractivity contribution >= 4 is 23.6 Å². The minimum Gasteiger partial charge on any atom is -0.565 e. The molecule has 1 saturated heterocycles. The number of piperidine rings is 1. The second-order valence-corrected chi connectivity index (χ2v) is 9.66. The van der Waals surface area contributed by atoms with E-state index in [0.29, 0.717) is 22.4 Å². The summed E-state index contributed by atoms with van der Waals surface area (Å²) in [4.78, 5) is 20.3. The predicted octanol–water partition coefficient (Wildman–Crippen LogP) is 5.49. The van der Waals surface area contributed by atoms with Gasteiger partial charge in [-0.05, 0) is 62.3 Å². The van der Waals surface area contributed by atoms with Gasteiger partial charge in [-0.3, -0.25) is 0 Å². The van der Waals surface area contributed by atoms with Crippen LogP contribution in [0.15, 0.2) is 48.5 Å². The van der Waals surface area contributed by atoms with Gasteiger partial charge in [0.25, 0.3) is 0 Å². The van der Waals surface area contributed by atoms with Gasteiger partial charge in [-0.15, -0.1) is 24.5 Å². The molecule has 6 nitrogen and oxygen atoms in total. The van der Waals surface area contributed by atoms with Crippen LogP contribution in [0.2, 0.25) is 5.02 Å². The molecular formula is C30H32ClFN3O3U-. The maximum Gasteiger partial charge on any atom is 0.213 e. The first kappa shape index (κ1) is 32.7. The number of pyridine rings is 1. The maximum absolute atomic E-state index is 14.0. The van der Waals surface area contributed by atoms with Crippen molar-refractivity contribution in [2.24, 2.45) is 0 Å². The summed E-state index contributed by atoms with van der Waals surface area (Å²) in [7, 11) is 1.99. The molecule has 1 aromatic heterocycles. The Morgan fingerprint density at radius 3 is 2.59 bits per heavy atom. The number of likely N-dealkylation sites (tertiary alicyclic amines) is 1. The van der Waals surface area contributed by atoms with Crippen LogP contribution in [0.25, 0.3) is 0 Å². The van der Waals surface area contributed by atoms with Crippen molar-refractivity contribution < 1.29 is 50.1 Å². The fourth-order valence-corrected chi connectivity index (χ4v) is 4.73. The van der Waals surface area contributed by atoms with Crippen LogP contribution in [0.3, 0.4) is 0 Å². The molecule has 0 aliphatic carbocycles. The molecule has 0 atom stereocenters. The van der Waals surface area contributed by atoms with E-state index in [4.69, 9.17) is 16.3 Å². The summed E-state index contributed by atoms with van der Waals surface area (Å²) in [5, 5.41) is 10.2. The van der Waals surface area contributed by atoms with E-state index in [1.807, 2.05) is 26.1 Å². The zero-order valence-electron chi connectivity index (χ0n) is 22.2. The molecule has 204 valence electrons. The molecule has 1 fully saturated rings. The van der Waals surface area contributed by atoms with Gasteiger partial charge in [0, 0.05) is 85.3 Å². The summed E-state index contributed by atoms with van der Waals surface area (Å²) in [5.41, 5.74) is 3.45. The molecule has 0 bridgehead atoms. The van der Waals surface area contributed by atoms with E-state index >= 15 is 0 Å². The quantitative estimate of drug-likeness (QED) is 0.230. The van der Waals surface area contributed by atoms with Gasteiger partial charge in [0.2, 0.25) is 5.88 Å². The first-order valence-corrected chi connectivity index (χ1v) is 12.7. The second kappa shape index (κ2) is 15.9. The largest absolute Gasteiger partial charge is 0.565 e. The third kappa shape index (κ3) is 8.98. The number of hydrogen-bond acceptors (Lipinski definition) is 6. The van der Waals surface area contributed by atoms with E-state index in [2.05, 4.69) is 27.6 Å². The number of ether oxygens (including phenoxy) is 1. The molecule has 0 spiro atoms. The molecule has 2 heterocycles. The Morgan fingerprint density at radius 1 is 1.21 bits per heavy atom. The molecule has 0 saturated carbocycles. The second-order valence-electron chi connectivity index (χ2n) is 9.22. The van der Waals surface area contributed by atoms with Crippen LogP contribution in [-0.4, -0.2) is 54.5 Å². The standard InChI is InChI=1S/C28H30ClFN3O3.C2H2.U/c1-19-14-27(35)22(17-34)15-26(19)32(2)12-13-33-10-8-20(9-11-33)25-4-3-5-28(31-25)36-18-21-6-7-23(29)16-24(21)30;1-2;/h3-7,14-16,20,35H,8-13,18H2,1-2H3;1-2H;/q-1;;. The summed E-state index contributed by atoms with van der Waals surface area (Å²) in [6.07, 6.45) is 11.8. The van der Waals surface area contributed by atoms with Crippen LogP contribution >= 0.6 is 11.6 Å². The van der Waals surface area contributed by atoms with Crippen molar-refractivity contribution in [1.82, 2.24) is 9.88 Å². The van der Waals surface area contributed by atoms with Gasteiger partial charge in [-0.2, -0.15) is 0 Å². The van der Waals surface area contributed by atoms with Gasteiger partial charge in [0.05, 0.1) is 6.29 Å². The van der Waals surface area contributed by atoms with Gasteiger partial charge in [-0.1, -0.05) is 29.8 Å². The van der Waals surface area contributed by atoms with Crippen molar-refractivity contribution in [1.29, 1.82) is 0 Å². The number of phenols is 1. The molecule has 1 aliphatic heterocycles. The molecule has 0 unspecified atom stereocenters. The van der Waals surface area contributed by atoms with Crippen molar-refractivity contribution in [3.8, 4) is 24.5 Å². The van der Waals surface area contributed by atoms with Crippen LogP contribution in [0.1, 0.15) is 41.1 Å². The fraction of sp³-hybridized carbons (Fsp3) is 0.333. The fourth-order valence-electron chi connectivity index (χ4n) is 4.57. The number of aromatic nitrogens is 1. The number of likely N-dealkylation sites (N-methyl/N-ethyl adjacent to an activating group) is 1. The molecule has 9 heteroatoms. The van der Waals surface area contributed by atoms with Crippen LogP contribution in [0.5, 0.6) is 11.6 Å². The number of anilines is 1. The zero-order chi connectivity index (χ0) is 27.7. The Bertz CT molecular complexity index is 1270. The molecule has 2 aromatic carbocycles. The van der Waals surface area contributed by atoms with E-state index in [9.17, 15) is 14.3 Å². The smallest absolute Gasteiger partial charge is 0.213 e. The monoisotopic (exact) mass is 774 g/mol. The number of terminal acetylenes is 1. The van der Waals surface area contributed by atoms with E-state index < -0.39 is 0 Å². The molecule has 4 rings (SSSR count). The summed E-state index contributed by atoms with van der Waals surface area (Å²) < 4.78 is 19.8. The van der Waals surface area contributed by atoms with Gasteiger partial charge in [0.15, 0.2) is 0 Å². The average molecular weight is 775 g/mol. The third-order valence-electron chi connectivity index (χ3n) is 6.73. The Labute approximate surface area is 258 Å².